The lowest BCUT2D eigenvalue weighted by molar-refractivity contribution is 0.0995. The van der Waals surface area contributed by atoms with Gasteiger partial charge in [-0.15, -0.1) is 11.3 Å². The van der Waals surface area contributed by atoms with Gasteiger partial charge in [0.15, 0.2) is 5.76 Å². The van der Waals surface area contributed by atoms with Gasteiger partial charge >= 0.3 is 6.03 Å². The van der Waals surface area contributed by atoms with Crippen LogP contribution in [0.5, 0.6) is 0 Å². The van der Waals surface area contributed by atoms with Crippen molar-refractivity contribution in [2.75, 3.05) is 23.0 Å². The second kappa shape index (κ2) is 8.19. The summed E-state index contributed by atoms with van der Waals surface area (Å²) < 4.78 is 5.03. The van der Waals surface area contributed by atoms with Crippen molar-refractivity contribution < 1.29 is 18.8 Å². The van der Waals surface area contributed by atoms with E-state index in [-0.39, 0.29) is 23.6 Å². The molecule has 0 aliphatic carbocycles. The average molecular weight is 384 g/mol. The van der Waals surface area contributed by atoms with E-state index in [4.69, 9.17) is 4.42 Å². The number of benzene rings is 1. The minimum Gasteiger partial charge on any atom is -0.459 e. The fourth-order valence-corrected chi connectivity index (χ4v) is 2.97. The van der Waals surface area contributed by atoms with E-state index in [0.29, 0.717) is 21.3 Å². The van der Waals surface area contributed by atoms with Crippen molar-refractivity contribution in [3.05, 3.63) is 65.4 Å². The van der Waals surface area contributed by atoms with Crippen LogP contribution in [0, 0.1) is 0 Å². The summed E-state index contributed by atoms with van der Waals surface area (Å²) in [6.45, 7) is 0. The van der Waals surface area contributed by atoms with Gasteiger partial charge in [0, 0.05) is 18.4 Å². The number of amides is 4. The summed E-state index contributed by atoms with van der Waals surface area (Å²) in [5.74, 6) is -0.521. The first kappa shape index (κ1) is 18.2. The van der Waals surface area contributed by atoms with Gasteiger partial charge in [-0.05, 0) is 42.5 Å². The van der Waals surface area contributed by atoms with Gasteiger partial charge in [-0.1, -0.05) is 6.07 Å². The summed E-state index contributed by atoms with van der Waals surface area (Å²) >= 11 is 1.14. The first-order chi connectivity index (χ1) is 13.0. The Bertz CT molecular complexity index is 965. The van der Waals surface area contributed by atoms with E-state index in [0.717, 1.165) is 11.3 Å². The number of hydrogen-bond donors (Lipinski definition) is 4. The molecule has 3 rings (SSSR count). The van der Waals surface area contributed by atoms with Crippen LogP contribution in [0.15, 0.2) is 59.2 Å². The Morgan fingerprint density at radius 2 is 1.67 bits per heavy atom. The molecule has 0 unspecified atom stereocenters. The molecule has 2 aromatic heterocycles. The molecule has 9 heteroatoms. The van der Waals surface area contributed by atoms with E-state index in [2.05, 4.69) is 21.3 Å². The topological polar surface area (TPSA) is 112 Å². The smallest absolute Gasteiger partial charge is 0.318 e. The lowest BCUT2D eigenvalue weighted by Gasteiger charge is -2.08. The SMILES string of the molecule is CNC(=O)Nc1cccc(NC(=O)c2ccc(NC(=O)c3ccco3)s2)c1. The Morgan fingerprint density at radius 1 is 0.889 bits per heavy atom. The molecule has 0 bridgehead atoms. The fourth-order valence-electron chi connectivity index (χ4n) is 2.17. The van der Waals surface area contributed by atoms with Crippen molar-refractivity contribution in [1.82, 2.24) is 5.32 Å². The predicted octanol–water partition coefficient (Wildman–Crippen LogP) is 3.60. The van der Waals surface area contributed by atoms with Gasteiger partial charge in [-0.25, -0.2) is 4.79 Å². The van der Waals surface area contributed by atoms with Crippen LogP contribution in [-0.2, 0) is 0 Å². The molecule has 4 amide bonds. The molecule has 0 radical (unpaired) electrons. The van der Waals surface area contributed by atoms with Crippen LogP contribution in [0.25, 0.3) is 0 Å². The lowest BCUT2D eigenvalue weighted by atomic mass is 10.2. The minimum absolute atomic E-state index is 0.190. The molecule has 0 atom stereocenters. The number of anilines is 3. The molecule has 1 aromatic carbocycles. The molecule has 0 aliphatic heterocycles. The number of carbonyl (C=O) groups excluding carboxylic acids is 3. The molecular weight excluding hydrogens is 368 g/mol. The lowest BCUT2D eigenvalue weighted by Crippen LogP contribution is -2.24. The molecule has 0 saturated carbocycles. The third kappa shape index (κ3) is 4.73. The maximum atomic E-state index is 12.4. The normalized spacial score (nSPS) is 10.1. The van der Waals surface area contributed by atoms with E-state index in [9.17, 15) is 14.4 Å². The van der Waals surface area contributed by atoms with Gasteiger partial charge < -0.3 is 25.7 Å². The van der Waals surface area contributed by atoms with Gasteiger partial charge in [0.25, 0.3) is 11.8 Å². The van der Waals surface area contributed by atoms with Crippen LogP contribution in [0.4, 0.5) is 21.2 Å². The summed E-state index contributed by atoms with van der Waals surface area (Å²) in [6, 6.07) is 12.8. The maximum absolute atomic E-state index is 12.4. The largest absolute Gasteiger partial charge is 0.459 e. The van der Waals surface area contributed by atoms with Gasteiger partial charge in [0.1, 0.15) is 0 Å². The highest BCUT2D eigenvalue weighted by Crippen LogP contribution is 2.24. The van der Waals surface area contributed by atoms with Crippen molar-refractivity contribution >= 4 is 45.6 Å². The molecule has 27 heavy (non-hydrogen) atoms. The Morgan fingerprint density at radius 3 is 2.37 bits per heavy atom. The molecule has 138 valence electrons. The van der Waals surface area contributed by atoms with Crippen molar-refractivity contribution in [2.24, 2.45) is 0 Å². The van der Waals surface area contributed by atoms with Gasteiger partial charge in [-0.3, -0.25) is 9.59 Å². The Kier molecular flexibility index (Phi) is 5.53. The van der Waals surface area contributed by atoms with E-state index >= 15 is 0 Å². The van der Waals surface area contributed by atoms with Crippen molar-refractivity contribution in [2.45, 2.75) is 0 Å². The van der Waals surface area contributed by atoms with Crippen LogP contribution < -0.4 is 21.3 Å². The second-order valence-electron chi connectivity index (χ2n) is 5.33. The van der Waals surface area contributed by atoms with Crippen LogP contribution in [0.1, 0.15) is 20.2 Å². The number of thiophene rings is 1. The molecule has 2 heterocycles. The van der Waals surface area contributed by atoms with Crippen molar-refractivity contribution in [1.29, 1.82) is 0 Å². The number of rotatable bonds is 5. The van der Waals surface area contributed by atoms with Gasteiger partial charge in [0.2, 0.25) is 0 Å². The number of nitrogens with one attached hydrogen (secondary N) is 4. The molecule has 8 nitrogen and oxygen atoms in total. The van der Waals surface area contributed by atoms with Crippen molar-refractivity contribution in [3.63, 3.8) is 0 Å². The van der Waals surface area contributed by atoms with E-state index < -0.39 is 0 Å². The number of hydrogen-bond acceptors (Lipinski definition) is 5. The third-order valence-corrected chi connectivity index (χ3v) is 4.42. The van der Waals surface area contributed by atoms with E-state index in [1.165, 1.54) is 13.3 Å². The van der Waals surface area contributed by atoms with Gasteiger partial charge in [0.05, 0.1) is 16.1 Å². The van der Waals surface area contributed by atoms with Gasteiger partial charge in [-0.2, -0.15) is 0 Å². The summed E-state index contributed by atoms with van der Waals surface area (Å²) in [5.41, 5.74) is 1.08. The first-order valence-corrected chi connectivity index (χ1v) is 8.71. The highest BCUT2D eigenvalue weighted by molar-refractivity contribution is 7.18. The standard InChI is InChI=1S/C18H16N4O4S/c1-19-18(25)21-12-5-2-4-11(10-12)20-17(24)14-7-8-15(27-14)22-16(23)13-6-3-9-26-13/h2-10H,1H3,(H,20,24)(H,22,23)(H2,19,21,25). The minimum atomic E-state index is -0.387. The maximum Gasteiger partial charge on any atom is 0.318 e. The number of furan rings is 1. The summed E-state index contributed by atoms with van der Waals surface area (Å²) in [4.78, 5) is 36.1. The molecular formula is C18H16N4O4S. The fraction of sp³-hybridized carbons (Fsp3) is 0.0556. The van der Waals surface area contributed by atoms with Crippen LogP contribution in [-0.4, -0.2) is 24.9 Å². The van der Waals surface area contributed by atoms with E-state index in [1.807, 2.05) is 0 Å². The second-order valence-corrected chi connectivity index (χ2v) is 6.42. The Hall–Kier alpha value is -3.59. The highest BCUT2D eigenvalue weighted by Gasteiger charge is 2.14. The summed E-state index contributed by atoms with van der Waals surface area (Å²) in [5, 5.41) is 11.0. The molecule has 0 saturated heterocycles. The summed E-state index contributed by atoms with van der Waals surface area (Å²) in [7, 11) is 1.51. The highest BCUT2D eigenvalue weighted by atomic mass is 32.1. The molecule has 0 fully saturated rings. The number of carbonyl (C=O) groups is 3. The van der Waals surface area contributed by atoms with Crippen LogP contribution >= 0.6 is 11.3 Å². The van der Waals surface area contributed by atoms with Crippen LogP contribution in [0.3, 0.4) is 0 Å². The number of urea groups is 1. The third-order valence-electron chi connectivity index (χ3n) is 3.42. The quantitative estimate of drug-likeness (QED) is 0.538. The zero-order chi connectivity index (χ0) is 19.2. The van der Waals surface area contributed by atoms with Crippen LogP contribution in [0.2, 0.25) is 0 Å². The zero-order valence-electron chi connectivity index (χ0n) is 14.2. The predicted molar refractivity (Wildman–Crippen MR) is 103 cm³/mol. The first-order valence-electron chi connectivity index (χ1n) is 7.90. The monoisotopic (exact) mass is 384 g/mol. The average Bonchev–Trinajstić information content (AvgIpc) is 3.34. The Labute approximate surface area is 158 Å². The summed E-state index contributed by atoms with van der Waals surface area (Å²) in [6.07, 6.45) is 1.41. The zero-order valence-corrected chi connectivity index (χ0v) is 15.1. The van der Waals surface area contributed by atoms with Crippen molar-refractivity contribution in [3.8, 4) is 0 Å². The Balaban J connectivity index is 1.63. The molecule has 4 N–H and O–H groups in total. The van der Waals surface area contributed by atoms with E-state index in [1.54, 1.807) is 48.5 Å². The molecule has 0 spiro atoms. The molecule has 0 aliphatic rings. The molecule has 3 aromatic rings.